The lowest BCUT2D eigenvalue weighted by atomic mass is 10.1. The van der Waals surface area contributed by atoms with Crippen molar-refractivity contribution >= 4 is 11.9 Å². The van der Waals surface area contributed by atoms with E-state index in [0.717, 1.165) is 48.8 Å². The van der Waals surface area contributed by atoms with E-state index in [9.17, 15) is 4.79 Å². The van der Waals surface area contributed by atoms with Gasteiger partial charge in [-0.2, -0.15) is 0 Å². The van der Waals surface area contributed by atoms with Gasteiger partial charge in [0, 0.05) is 46.4 Å². The summed E-state index contributed by atoms with van der Waals surface area (Å²) in [6.07, 6.45) is 1.69. The Morgan fingerprint density at radius 3 is 2.45 bits per heavy atom. The van der Waals surface area contributed by atoms with E-state index in [1.807, 2.05) is 48.5 Å². The number of hydrogen-bond donors (Lipinski definition) is 2. The zero-order valence-corrected chi connectivity index (χ0v) is 19.0. The number of methoxy groups -OCH3 is 1. The summed E-state index contributed by atoms with van der Waals surface area (Å²) >= 11 is 0. The van der Waals surface area contributed by atoms with Crippen molar-refractivity contribution in [2.75, 3.05) is 47.9 Å². The molecule has 0 radical (unpaired) electrons. The first-order valence-corrected chi connectivity index (χ1v) is 10.5. The second-order valence-corrected chi connectivity index (χ2v) is 7.33. The monoisotopic (exact) mass is 426 g/mol. The average Bonchev–Trinajstić information content (AvgIpc) is 2.80. The van der Waals surface area contributed by atoms with Gasteiger partial charge >= 0.3 is 0 Å². The van der Waals surface area contributed by atoms with Crippen molar-refractivity contribution in [3.63, 3.8) is 0 Å². The van der Waals surface area contributed by atoms with Gasteiger partial charge < -0.3 is 25.0 Å². The molecule has 168 valence electrons. The van der Waals surface area contributed by atoms with E-state index < -0.39 is 0 Å². The number of nitrogens with zero attached hydrogens (tertiary/aromatic N) is 2. The van der Waals surface area contributed by atoms with E-state index in [1.165, 1.54) is 0 Å². The number of hydrogen-bond acceptors (Lipinski definition) is 4. The molecule has 7 heteroatoms. The van der Waals surface area contributed by atoms with Crippen LogP contribution in [0.5, 0.6) is 5.75 Å². The van der Waals surface area contributed by atoms with Crippen LogP contribution < -0.4 is 15.4 Å². The maximum Gasteiger partial charge on any atom is 0.253 e. The van der Waals surface area contributed by atoms with E-state index in [1.54, 1.807) is 33.2 Å². The van der Waals surface area contributed by atoms with E-state index in [0.29, 0.717) is 18.8 Å². The fourth-order valence-corrected chi connectivity index (χ4v) is 2.96. The number of carbonyl (C=O) groups excluding carboxylic acids is 1. The lowest BCUT2D eigenvalue weighted by molar-refractivity contribution is 0.0827. The number of guanidine groups is 1. The first kappa shape index (κ1) is 24.2. The molecule has 0 aromatic heterocycles. The molecule has 1 amide bonds. The van der Waals surface area contributed by atoms with Crippen LogP contribution in [-0.4, -0.2) is 64.7 Å². The lowest BCUT2D eigenvalue weighted by Gasteiger charge is -2.13. The summed E-state index contributed by atoms with van der Waals surface area (Å²) in [5.74, 6) is 1.62. The molecule has 7 nitrogen and oxygen atoms in total. The minimum Gasteiger partial charge on any atom is -0.497 e. The molecule has 0 aliphatic rings. The Labute approximate surface area is 185 Å². The normalized spacial score (nSPS) is 11.2. The van der Waals surface area contributed by atoms with Crippen LogP contribution in [0.3, 0.4) is 0 Å². The smallest absolute Gasteiger partial charge is 0.253 e. The molecule has 2 aromatic rings. The second-order valence-electron chi connectivity index (χ2n) is 7.33. The third-order valence-corrected chi connectivity index (χ3v) is 4.70. The Kier molecular flexibility index (Phi) is 10.4. The predicted molar refractivity (Wildman–Crippen MR) is 125 cm³/mol. The number of benzene rings is 2. The van der Waals surface area contributed by atoms with Gasteiger partial charge in [-0.05, 0) is 48.2 Å². The number of amides is 1. The molecule has 0 aliphatic carbocycles. The van der Waals surface area contributed by atoms with Gasteiger partial charge in [-0.3, -0.25) is 9.79 Å². The van der Waals surface area contributed by atoms with Crippen LogP contribution >= 0.6 is 0 Å². The number of aliphatic imine (C=N–C) groups is 1. The molecule has 0 spiro atoms. The van der Waals surface area contributed by atoms with Crippen molar-refractivity contribution < 1.29 is 14.3 Å². The maximum absolute atomic E-state index is 12.1. The average molecular weight is 427 g/mol. The van der Waals surface area contributed by atoms with E-state index in [2.05, 4.69) is 15.6 Å². The minimum atomic E-state index is 0.0153. The van der Waals surface area contributed by atoms with Gasteiger partial charge in [0.1, 0.15) is 5.75 Å². The number of carbonyl (C=O) groups is 1. The molecule has 0 aliphatic heterocycles. The molecular formula is C24H34N4O3. The quantitative estimate of drug-likeness (QED) is 0.328. The Morgan fingerprint density at radius 2 is 1.77 bits per heavy atom. The summed E-state index contributed by atoms with van der Waals surface area (Å²) in [6.45, 7) is 2.76. The Hall–Kier alpha value is -3.06. The first-order chi connectivity index (χ1) is 15.0. The van der Waals surface area contributed by atoms with Crippen molar-refractivity contribution in [3.8, 4) is 5.75 Å². The zero-order valence-electron chi connectivity index (χ0n) is 19.0. The molecule has 0 saturated heterocycles. The van der Waals surface area contributed by atoms with E-state index in [4.69, 9.17) is 9.47 Å². The highest BCUT2D eigenvalue weighted by Crippen LogP contribution is 2.12. The molecule has 0 atom stereocenters. The molecule has 0 fully saturated rings. The molecule has 2 aromatic carbocycles. The van der Waals surface area contributed by atoms with Gasteiger partial charge in [-0.25, -0.2) is 0 Å². The Balaban J connectivity index is 1.62. The van der Waals surface area contributed by atoms with Gasteiger partial charge in [0.05, 0.1) is 13.7 Å². The molecular weight excluding hydrogens is 392 g/mol. The fraction of sp³-hybridized carbons (Fsp3) is 0.417. The van der Waals surface area contributed by atoms with Crippen LogP contribution in [-0.2, 0) is 17.8 Å². The maximum atomic E-state index is 12.1. The summed E-state index contributed by atoms with van der Waals surface area (Å²) in [7, 11) is 6.94. The third-order valence-electron chi connectivity index (χ3n) is 4.70. The van der Waals surface area contributed by atoms with E-state index in [-0.39, 0.29) is 5.91 Å². The predicted octanol–water partition coefficient (Wildman–Crippen LogP) is 2.71. The minimum absolute atomic E-state index is 0.0153. The molecule has 2 rings (SSSR count). The second kappa shape index (κ2) is 13.3. The highest BCUT2D eigenvalue weighted by atomic mass is 16.5. The van der Waals surface area contributed by atoms with Gasteiger partial charge in [0.2, 0.25) is 0 Å². The van der Waals surface area contributed by atoms with Crippen molar-refractivity contribution in [2.24, 2.45) is 4.99 Å². The summed E-state index contributed by atoms with van der Waals surface area (Å²) in [6, 6.07) is 15.6. The van der Waals surface area contributed by atoms with Crippen LogP contribution in [0.2, 0.25) is 0 Å². The summed E-state index contributed by atoms with van der Waals surface area (Å²) in [5, 5.41) is 6.60. The van der Waals surface area contributed by atoms with Crippen LogP contribution in [0.4, 0.5) is 0 Å². The summed E-state index contributed by atoms with van der Waals surface area (Å²) in [4.78, 5) is 17.9. The highest BCUT2D eigenvalue weighted by Gasteiger charge is 2.08. The molecule has 0 saturated carbocycles. The van der Waals surface area contributed by atoms with Crippen molar-refractivity contribution in [1.82, 2.24) is 15.5 Å². The number of ether oxygens (including phenoxy) is 2. The number of nitrogens with one attached hydrogen (secondary N) is 2. The Bertz CT molecular complexity index is 835. The molecule has 0 unspecified atom stereocenters. The SMILES string of the molecule is CN=C(NCCCOCc1ccc(OC)cc1)NCCc1cccc(C(=O)N(C)C)c1. The summed E-state index contributed by atoms with van der Waals surface area (Å²) < 4.78 is 10.9. The topological polar surface area (TPSA) is 75.2 Å². The van der Waals surface area contributed by atoms with Gasteiger partial charge in [-0.15, -0.1) is 0 Å². The number of rotatable bonds is 11. The van der Waals surface area contributed by atoms with Gasteiger partial charge in [-0.1, -0.05) is 24.3 Å². The summed E-state index contributed by atoms with van der Waals surface area (Å²) in [5.41, 5.74) is 2.95. The molecule has 31 heavy (non-hydrogen) atoms. The van der Waals surface area contributed by atoms with E-state index >= 15 is 0 Å². The van der Waals surface area contributed by atoms with Crippen LogP contribution in [0.15, 0.2) is 53.5 Å². The van der Waals surface area contributed by atoms with Crippen LogP contribution in [0, 0.1) is 0 Å². The lowest BCUT2D eigenvalue weighted by Crippen LogP contribution is -2.39. The largest absolute Gasteiger partial charge is 0.497 e. The Morgan fingerprint density at radius 1 is 1.03 bits per heavy atom. The molecule has 0 heterocycles. The van der Waals surface area contributed by atoms with Crippen molar-refractivity contribution in [2.45, 2.75) is 19.4 Å². The molecule has 2 N–H and O–H groups in total. The van der Waals surface area contributed by atoms with Gasteiger partial charge in [0.25, 0.3) is 5.91 Å². The van der Waals surface area contributed by atoms with Gasteiger partial charge in [0.15, 0.2) is 5.96 Å². The van der Waals surface area contributed by atoms with Crippen molar-refractivity contribution in [1.29, 1.82) is 0 Å². The van der Waals surface area contributed by atoms with Crippen LogP contribution in [0.1, 0.15) is 27.9 Å². The fourth-order valence-electron chi connectivity index (χ4n) is 2.96. The van der Waals surface area contributed by atoms with Crippen molar-refractivity contribution in [3.05, 3.63) is 65.2 Å². The van der Waals surface area contributed by atoms with Crippen LogP contribution in [0.25, 0.3) is 0 Å². The standard InChI is InChI=1S/C24H34N4O3/c1-25-24(26-14-6-16-31-18-20-9-11-22(30-4)12-10-20)27-15-13-19-7-5-8-21(17-19)23(29)28(2)3/h5,7-12,17H,6,13-16,18H2,1-4H3,(H2,25,26,27). The third kappa shape index (κ3) is 8.68. The zero-order chi connectivity index (χ0) is 22.5. The highest BCUT2D eigenvalue weighted by molar-refractivity contribution is 5.94. The first-order valence-electron chi connectivity index (χ1n) is 10.5. The molecule has 0 bridgehead atoms.